The molecule has 4 rings (SSSR count). The highest BCUT2D eigenvalue weighted by atomic mass is 16.5. The van der Waals surface area contributed by atoms with Crippen LogP contribution in [-0.2, 0) is 11.2 Å². The zero-order chi connectivity index (χ0) is 20.4. The maximum atomic E-state index is 12.6. The summed E-state index contributed by atoms with van der Waals surface area (Å²) in [4.78, 5) is 38.4. The molecule has 0 bridgehead atoms. The highest BCUT2D eigenvalue weighted by molar-refractivity contribution is 5.77. The largest absolute Gasteiger partial charge is 0.343 e. The van der Waals surface area contributed by atoms with E-state index in [1.54, 1.807) is 0 Å². The van der Waals surface area contributed by atoms with Crippen LogP contribution in [0.3, 0.4) is 0 Å². The van der Waals surface area contributed by atoms with Crippen molar-refractivity contribution in [2.75, 3.05) is 13.1 Å². The first-order valence-corrected chi connectivity index (χ1v) is 10.1. The van der Waals surface area contributed by atoms with E-state index >= 15 is 0 Å². The van der Waals surface area contributed by atoms with Crippen LogP contribution in [0.25, 0.3) is 11.0 Å². The molecule has 8 heteroatoms. The van der Waals surface area contributed by atoms with Crippen LogP contribution in [0.2, 0.25) is 0 Å². The number of hydrogen-bond acceptors (Lipinski definition) is 6. The number of aromatic nitrogens is 4. The molecule has 0 spiro atoms. The van der Waals surface area contributed by atoms with Crippen LogP contribution in [-0.4, -0.2) is 44.0 Å². The van der Waals surface area contributed by atoms with Gasteiger partial charge in [0.15, 0.2) is 5.82 Å². The minimum atomic E-state index is -0.229. The molecule has 0 unspecified atom stereocenters. The van der Waals surface area contributed by atoms with E-state index in [9.17, 15) is 9.59 Å². The molecule has 1 saturated heterocycles. The summed E-state index contributed by atoms with van der Waals surface area (Å²) in [5.41, 5.74) is 1.61. The van der Waals surface area contributed by atoms with Crippen molar-refractivity contribution in [1.82, 2.24) is 25.0 Å². The molecular formula is C21H25N5O3. The molecule has 0 saturated carbocycles. The van der Waals surface area contributed by atoms with E-state index in [1.807, 2.05) is 43.0 Å². The van der Waals surface area contributed by atoms with Gasteiger partial charge in [0.25, 0.3) is 5.56 Å². The Labute approximate surface area is 168 Å². The molecule has 8 nitrogen and oxygen atoms in total. The third-order valence-electron chi connectivity index (χ3n) is 5.42. The summed E-state index contributed by atoms with van der Waals surface area (Å²) in [6.45, 7) is 5.38. The number of carbonyl (C=O) groups excluding carboxylic acids is 1. The number of benzene rings is 1. The molecule has 1 fully saturated rings. The number of nitrogens with one attached hydrogen (secondary N) is 1. The van der Waals surface area contributed by atoms with Crippen LogP contribution in [0, 0.1) is 0 Å². The van der Waals surface area contributed by atoms with Crippen molar-refractivity contribution in [2.45, 2.75) is 51.4 Å². The number of aromatic amines is 1. The Hall–Kier alpha value is -3.03. The maximum Gasteiger partial charge on any atom is 0.270 e. The van der Waals surface area contributed by atoms with Gasteiger partial charge in [0.1, 0.15) is 5.69 Å². The van der Waals surface area contributed by atoms with Crippen LogP contribution >= 0.6 is 0 Å². The maximum absolute atomic E-state index is 12.6. The summed E-state index contributed by atoms with van der Waals surface area (Å²) >= 11 is 0. The van der Waals surface area contributed by atoms with Crippen LogP contribution in [0.4, 0.5) is 0 Å². The quantitative estimate of drug-likeness (QED) is 0.712. The second-order valence-corrected chi connectivity index (χ2v) is 7.83. The van der Waals surface area contributed by atoms with Crippen molar-refractivity contribution in [3.8, 4) is 0 Å². The van der Waals surface area contributed by atoms with Gasteiger partial charge in [-0.25, -0.2) is 4.98 Å². The number of carbonyl (C=O) groups is 1. The second kappa shape index (κ2) is 8.14. The van der Waals surface area contributed by atoms with Crippen molar-refractivity contribution in [1.29, 1.82) is 0 Å². The Kier molecular flexibility index (Phi) is 5.42. The van der Waals surface area contributed by atoms with Crippen molar-refractivity contribution in [2.24, 2.45) is 0 Å². The third kappa shape index (κ3) is 4.21. The Balaban J connectivity index is 1.33. The normalized spacial score (nSPS) is 15.3. The Bertz CT molecular complexity index is 1060. The molecule has 0 atom stereocenters. The smallest absolute Gasteiger partial charge is 0.270 e. The summed E-state index contributed by atoms with van der Waals surface area (Å²) in [7, 11) is 0. The van der Waals surface area contributed by atoms with E-state index in [1.165, 1.54) is 0 Å². The summed E-state index contributed by atoms with van der Waals surface area (Å²) in [6, 6.07) is 7.39. The van der Waals surface area contributed by atoms with Crippen LogP contribution in [0.5, 0.6) is 0 Å². The molecule has 2 aromatic heterocycles. The van der Waals surface area contributed by atoms with Gasteiger partial charge in [-0.05, 0) is 25.0 Å². The highest BCUT2D eigenvalue weighted by Crippen LogP contribution is 2.28. The molecule has 1 aromatic carbocycles. The molecule has 152 valence electrons. The number of piperidine rings is 1. The van der Waals surface area contributed by atoms with Crippen molar-refractivity contribution in [3.05, 3.63) is 52.0 Å². The standard InChI is InChI=1S/C21H25N5O3/c1-13(2)19-24-21(29-25-19)14-9-11-26(12-10-14)18(27)8-7-17-20(28)23-16-6-4-3-5-15(16)22-17/h3-6,13-14H,7-12H2,1-2H3,(H,23,28). The van der Waals surface area contributed by atoms with Gasteiger partial charge < -0.3 is 14.4 Å². The predicted octanol–water partition coefficient (Wildman–Crippen LogP) is 2.77. The minimum absolute atomic E-state index is 0.0474. The number of hydrogen-bond donors (Lipinski definition) is 1. The highest BCUT2D eigenvalue weighted by Gasteiger charge is 2.27. The number of fused-ring (bicyclic) bond motifs is 1. The molecule has 1 amide bonds. The van der Waals surface area contributed by atoms with Gasteiger partial charge in [-0.15, -0.1) is 0 Å². The number of likely N-dealkylation sites (tertiary alicyclic amines) is 1. The fraction of sp³-hybridized carbons (Fsp3) is 0.476. The lowest BCUT2D eigenvalue weighted by Gasteiger charge is -2.30. The Morgan fingerprint density at radius 2 is 2.00 bits per heavy atom. The lowest BCUT2D eigenvalue weighted by Crippen LogP contribution is -2.38. The Morgan fingerprint density at radius 3 is 2.72 bits per heavy atom. The van der Waals surface area contributed by atoms with Gasteiger partial charge in [0.2, 0.25) is 11.8 Å². The van der Waals surface area contributed by atoms with Crippen LogP contribution in [0.1, 0.15) is 62.4 Å². The summed E-state index contributed by atoms with van der Waals surface area (Å²) in [5.74, 6) is 1.88. The summed E-state index contributed by atoms with van der Waals surface area (Å²) < 4.78 is 5.40. The van der Waals surface area contributed by atoms with E-state index in [-0.39, 0.29) is 29.7 Å². The van der Waals surface area contributed by atoms with E-state index in [4.69, 9.17) is 4.52 Å². The number of aryl methyl sites for hydroxylation is 1. The average molecular weight is 395 g/mol. The van der Waals surface area contributed by atoms with Gasteiger partial charge in [-0.3, -0.25) is 9.59 Å². The topological polar surface area (TPSA) is 105 Å². The van der Waals surface area contributed by atoms with E-state index < -0.39 is 0 Å². The SMILES string of the molecule is CC(C)c1noc(C2CCN(C(=O)CCc3nc4ccccc4[nH]c3=O)CC2)n1. The van der Waals surface area contributed by atoms with Crippen molar-refractivity contribution >= 4 is 16.9 Å². The predicted molar refractivity (Wildman–Crippen MR) is 108 cm³/mol. The zero-order valence-corrected chi connectivity index (χ0v) is 16.7. The van der Waals surface area contributed by atoms with Gasteiger partial charge >= 0.3 is 0 Å². The van der Waals surface area contributed by atoms with Gasteiger partial charge in [0.05, 0.1) is 11.0 Å². The first-order chi connectivity index (χ1) is 14.0. The lowest BCUT2D eigenvalue weighted by atomic mass is 9.96. The van der Waals surface area contributed by atoms with Gasteiger partial charge in [-0.1, -0.05) is 31.1 Å². The first kappa shape index (κ1) is 19.3. The molecule has 3 aromatic rings. The number of amides is 1. The molecule has 3 heterocycles. The molecule has 0 radical (unpaired) electrons. The summed E-state index contributed by atoms with van der Waals surface area (Å²) in [5, 5.41) is 4.03. The molecule has 1 aliphatic heterocycles. The first-order valence-electron chi connectivity index (χ1n) is 10.1. The number of nitrogens with zero attached hydrogens (tertiary/aromatic N) is 4. The third-order valence-corrected chi connectivity index (χ3v) is 5.42. The molecule has 1 aliphatic rings. The van der Waals surface area contributed by atoms with Gasteiger partial charge in [-0.2, -0.15) is 4.98 Å². The molecule has 1 N–H and O–H groups in total. The van der Waals surface area contributed by atoms with E-state index in [0.717, 1.165) is 24.2 Å². The average Bonchev–Trinajstić information content (AvgIpc) is 3.23. The minimum Gasteiger partial charge on any atom is -0.343 e. The number of para-hydroxylation sites is 2. The Morgan fingerprint density at radius 1 is 1.24 bits per heavy atom. The lowest BCUT2D eigenvalue weighted by molar-refractivity contribution is -0.132. The second-order valence-electron chi connectivity index (χ2n) is 7.83. The van der Waals surface area contributed by atoms with Crippen molar-refractivity contribution in [3.63, 3.8) is 0 Å². The van der Waals surface area contributed by atoms with Crippen LogP contribution < -0.4 is 5.56 Å². The van der Waals surface area contributed by atoms with E-state index in [2.05, 4.69) is 20.1 Å². The number of H-pyrrole nitrogens is 1. The zero-order valence-electron chi connectivity index (χ0n) is 16.7. The molecular weight excluding hydrogens is 370 g/mol. The summed E-state index contributed by atoms with van der Waals surface area (Å²) in [6.07, 6.45) is 2.22. The van der Waals surface area contributed by atoms with Crippen LogP contribution in [0.15, 0.2) is 33.6 Å². The van der Waals surface area contributed by atoms with Crippen molar-refractivity contribution < 1.29 is 9.32 Å². The number of rotatable bonds is 5. The van der Waals surface area contributed by atoms with Gasteiger partial charge in [0, 0.05) is 37.8 Å². The molecule has 0 aliphatic carbocycles. The fourth-order valence-corrected chi connectivity index (χ4v) is 3.64. The fourth-order valence-electron chi connectivity index (χ4n) is 3.64. The molecule has 29 heavy (non-hydrogen) atoms. The van der Waals surface area contributed by atoms with E-state index in [0.29, 0.717) is 36.6 Å². The monoisotopic (exact) mass is 395 g/mol.